The minimum absolute atomic E-state index is 0.0140. The fraction of sp³-hybridized carbons (Fsp3) is 0.409. The minimum Gasteiger partial charge on any atom is -0.381 e. The molecule has 0 aromatic heterocycles. The number of carbonyl (C=O) groups is 1. The van der Waals surface area contributed by atoms with Gasteiger partial charge in [0.2, 0.25) is 0 Å². The standard InChI is InChI=1S/C22H26N2O4S/c1-15-4-3-5-21(12-15)29(26,27)23-17-8-6-16(7-9-17)22(25)24-18-10-11-19(24)14-20(13-18)28-2/h3-9,12,18-20,23H,10-11,13-14H2,1-2H3. The second-order valence-electron chi connectivity index (χ2n) is 7.93. The van der Waals surface area contributed by atoms with Crippen LogP contribution in [0.15, 0.2) is 53.4 Å². The molecular formula is C22H26N2O4S. The number of anilines is 1. The third-order valence-corrected chi connectivity index (χ3v) is 7.32. The fourth-order valence-corrected chi connectivity index (χ4v) is 5.64. The van der Waals surface area contributed by atoms with E-state index in [2.05, 4.69) is 4.72 Å². The van der Waals surface area contributed by atoms with Crippen molar-refractivity contribution in [3.63, 3.8) is 0 Å². The molecule has 2 fully saturated rings. The van der Waals surface area contributed by atoms with Gasteiger partial charge < -0.3 is 9.64 Å². The maximum absolute atomic E-state index is 13.1. The summed E-state index contributed by atoms with van der Waals surface area (Å²) in [5.74, 6) is 0.0140. The molecule has 2 bridgehead atoms. The average Bonchev–Trinajstić information content (AvgIpc) is 2.97. The van der Waals surface area contributed by atoms with Gasteiger partial charge in [0.05, 0.1) is 11.0 Å². The highest BCUT2D eigenvalue weighted by molar-refractivity contribution is 7.92. The number of aryl methyl sites for hydroxylation is 1. The van der Waals surface area contributed by atoms with Crippen molar-refractivity contribution in [1.82, 2.24) is 4.90 Å². The molecule has 2 aliphatic heterocycles. The van der Waals surface area contributed by atoms with Crippen molar-refractivity contribution >= 4 is 21.6 Å². The van der Waals surface area contributed by atoms with Gasteiger partial charge in [-0.25, -0.2) is 8.42 Å². The summed E-state index contributed by atoms with van der Waals surface area (Å²) in [6.45, 7) is 1.85. The van der Waals surface area contributed by atoms with Gasteiger partial charge in [-0.1, -0.05) is 12.1 Å². The Morgan fingerprint density at radius 2 is 1.72 bits per heavy atom. The molecule has 2 unspecified atom stereocenters. The summed E-state index contributed by atoms with van der Waals surface area (Å²) in [7, 11) is -1.93. The Bertz CT molecular complexity index is 990. The topological polar surface area (TPSA) is 75.7 Å². The lowest BCUT2D eigenvalue weighted by molar-refractivity contribution is 0.00822. The Kier molecular flexibility index (Phi) is 5.36. The quantitative estimate of drug-likeness (QED) is 0.811. The number of sulfonamides is 1. The van der Waals surface area contributed by atoms with Gasteiger partial charge in [0.15, 0.2) is 0 Å². The van der Waals surface area contributed by atoms with Gasteiger partial charge in [-0.2, -0.15) is 0 Å². The highest BCUT2D eigenvalue weighted by atomic mass is 32.2. The molecule has 29 heavy (non-hydrogen) atoms. The van der Waals surface area contributed by atoms with Crippen LogP contribution in [0.1, 0.15) is 41.6 Å². The third kappa shape index (κ3) is 4.02. The van der Waals surface area contributed by atoms with Crippen molar-refractivity contribution in [3.05, 3.63) is 59.7 Å². The third-order valence-electron chi connectivity index (χ3n) is 5.94. The van der Waals surface area contributed by atoms with Crippen LogP contribution in [-0.2, 0) is 14.8 Å². The van der Waals surface area contributed by atoms with Gasteiger partial charge in [0.1, 0.15) is 0 Å². The largest absolute Gasteiger partial charge is 0.381 e. The molecule has 2 atom stereocenters. The fourth-order valence-electron chi connectivity index (χ4n) is 4.48. The molecule has 154 valence electrons. The van der Waals surface area contributed by atoms with Gasteiger partial charge in [-0.15, -0.1) is 0 Å². The number of amides is 1. The summed E-state index contributed by atoms with van der Waals surface area (Å²) in [4.78, 5) is 15.3. The molecule has 0 aliphatic carbocycles. The van der Waals surface area contributed by atoms with Crippen LogP contribution in [0, 0.1) is 6.92 Å². The number of carbonyl (C=O) groups excluding carboxylic acids is 1. The average molecular weight is 415 g/mol. The van der Waals surface area contributed by atoms with Crippen molar-refractivity contribution in [3.8, 4) is 0 Å². The van der Waals surface area contributed by atoms with Crippen LogP contribution >= 0.6 is 0 Å². The van der Waals surface area contributed by atoms with Gasteiger partial charge in [0, 0.05) is 30.4 Å². The van der Waals surface area contributed by atoms with Crippen molar-refractivity contribution in [2.24, 2.45) is 0 Å². The molecule has 2 aromatic rings. The lowest BCUT2D eigenvalue weighted by atomic mass is 9.98. The maximum Gasteiger partial charge on any atom is 0.261 e. The van der Waals surface area contributed by atoms with Crippen LogP contribution in [0.25, 0.3) is 0 Å². The molecule has 0 radical (unpaired) electrons. The summed E-state index contributed by atoms with van der Waals surface area (Å²) in [5, 5.41) is 0. The van der Waals surface area contributed by atoms with E-state index >= 15 is 0 Å². The normalized spacial score (nSPS) is 23.8. The molecule has 2 heterocycles. The Morgan fingerprint density at radius 3 is 2.31 bits per heavy atom. The molecule has 0 spiro atoms. The number of nitrogens with zero attached hydrogens (tertiary/aromatic N) is 1. The molecule has 2 saturated heterocycles. The van der Waals surface area contributed by atoms with Gasteiger partial charge >= 0.3 is 0 Å². The van der Waals surface area contributed by atoms with E-state index in [9.17, 15) is 13.2 Å². The second-order valence-corrected chi connectivity index (χ2v) is 9.61. The molecule has 4 rings (SSSR count). The first-order chi connectivity index (χ1) is 13.9. The van der Waals surface area contributed by atoms with E-state index in [4.69, 9.17) is 4.74 Å². The zero-order valence-corrected chi connectivity index (χ0v) is 17.5. The molecule has 2 aromatic carbocycles. The lowest BCUT2D eigenvalue weighted by Gasteiger charge is -2.38. The summed E-state index contributed by atoms with van der Waals surface area (Å²) in [6.07, 6.45) is 4.03. The number of hydrogen-bond acceptors (Lipinski definition) is 4. The number of piperidine rings is 1. The van der Waals surface area contributed by atoms with E-state index in [1.54, 1.807) is 49.6 Å². The summed E-state index contributed by atoms with van der Waals surface area (Å²) < 4.78 is 33.2. The smallest absolute Gasteiger partial charge is 0.261 e. The van der Waals surface area contributed by atoms with Crippen molar-refractivity contribution in [1.29, 1.82) is 0 Å². The van der Waals surface area contributed by atoms with E-state index in [0.717, 1.165) is 31.2 Å². The molecule has 7 heteroatoms. The molecule has 0 saturated carbocycles. The van der Waals surface area contributed by atoms with Gasteiger partial charge in [-0.05, 0) is 74.6 Å². The van der Waals surface area contributed by atoms with Crippen molar-refractivity contribution in [2.75, 3.05) is 11.8 Å². The number of benzene rings is 2. The van der Waals surface area contributed by atoms with Crippen molar-refractivity contribution < 1.29 is 17.9 Å². The molecule has 2 aliphatic rings. The minimum atomic E-state index is -3.67. The summed E-state index contributed by atoms with van der Waals surface area (Å²) >= 11 is 0. The van der Waals surface area contributed by atoms with E-state index in [1.807, 2.05) is 17.9 Å². The molecular weight excluding hydrogens is 388 g/mol. The molecule has 1 N–H and O–H groups in total. The number of fused-ring (bicyclic) bond motifs is 2. The number of rotatable bonds is 5. The van der Waals surface area contributed by atoms with Crippen LogP contribution in [0.3, 0.4) is 0 Å². The van der Waals surface area contributed by atoms with Crippen LogP contribution < -0.4 is 4.72 Å². The van der Waals surface area contributed by atoms with E-state index in [0.29, 0.717) is 11.3 Å². The number of nitrogens with one attached hydrogen (secondary N) is 1. The van der Waals surface area contributed by atoms with Crippen LogP contribution in [0.5, 0.6) is 0 Å². The molecule has 1 amide bonds. The van der Waals surface area contributed by atoms with E-state index in [-0.39, 0.29) is 29.0 Å². The molecule has 6 nitrogen and oxygen atoms in total. The SMILES string of the molecule is COC1CC2CCC(C1)N2C(=O)c1ccc(NS(=O)(=O)c2cccc(C)c2)cc1. The van der Waals surface area contributed by atoms with E-state index < -0.39 is 10.0 Å². The Balaban J connectivity index is 1.48. The highest BCUT2D eigenvalue weighted by Gasteiger charge is 2.43. The van der Waals surface area contributed by atoms with Crippen LogP contribution in [0.4, 0.5) is 5.69 Å². The first-order valence-corrected chi connectivity index (χ1v) is 11.4. The van der Waals surface area contributed by atoms with E-state index in [1.165, 1.54) is 0 Å². The van der Waals surface area contributed by atoms with Crippen LogP contribution in [0.2, 0.25) is 0 Å². The van der Waals surface area contributed by atoms with Gasteiger partial charge in [-0.3, -0.25) is 9.52 Å². The Labute approximate surface area is 171 Å². The number of hydrogen-bond donors (Lipinski definition) is 1. The first-order valence-electron chi connectivity index (χ1n) is 9.92. The summed E-state index contributed by atoms with van der Waals surface area (Å²) in [6, 6.07) is 13.9. The van der Waals surface area contributed by atoms with Crippen molar-refractivity contribution in [2.45, 2.75) is 55.7 Å². The van der Waals surface area contributed by atoms with Gasteiger partial charge in [0.25, 0.3) is 15.9 Å². The maximum atomic E-state index is 13.1. The Morgan fingerprint density at radius 1 is 1.07 bits per heavy atom. The zero-order valence-electron chi connectivity index (χ0n) is 16.7. The predicted octanol–water partition coefficient (Wildman–Crippen LogP) is 3.58. The Hall–Kier alpha value is -2.38. The van der Waals surface area contributed by atoms with Crippen LogP contribution in [-0.4, -0.2) is 44.5 Å². The summed E-state index contributed by atoms with van der Waals surface area (Å²) in [5.41, 5.74) is 1.89. The number of methoxy groups -OCH3 is 1. The number of ether oxygens (including phenoxy) is 1. The lowest BCUT2D eigenvalue weighted by Crippen LogP contribution is -2.48. The zero-order chi connectivity index (χ0) is 20.6. The monoisotopic (exact) mass is 414 g/mol. The predicted molar refractivity (Wildman–Crippen MR) is 111 cm³/mol. The highest BCUT2D eigenvalue weighted by Crippen LogP contribution is 2.37. The second kappa shape index (κ2) is 7.80. The first kappa shape index (κ1) is 19.9.